The Balaban J connectivity index is 1.68. The lowest BCUT2D eigenvalue weighted by molar-refractivity contribution is 0.101. The number of aromatic nitrogens is 2. The number of hydrogen-bond donors (Lipinski definition) is 1. The molecule has 160 valence electrons. The molecule has 32 heavy (non-hydrogen) atoms. The summed E-state index contributed by atoms with van der Waals surface area (Å²) >= 11 is 0. The Morgan fingerprint density at radius 2 is 1.72 bits per heavy atom. The molecule has 6 nitrogen and oxygen atoms in total. The minimum absolute atomic E-state index is 0.0228. The summed E-state index contributed by atoms with van der Waals surface area (Å²) in [4.78, 5) is 24.7. The summed E-state index contributed by atoms with van der Waals surface area (Å²) in [6.45, 7) is 2.05. The van der Waals surface area contributed by atoms with Gasteiger partial charge in [-0.25, -0.2) is 0 Å². The predicted octanol–water partition coefficient (Wildman–Crippen LogP) is 5.06. The SMILES string of the molecule is COc1cccc(-c2nn(Cc3ccccc3)cc2C(=O)Nc2ccc(C(C)=O)cc2)c1. The van der Waals surface area contributed by atoms with E-state index in [-0.39, 0.29) is 11.7 Å². The largest absolute Gasteiger partial charge is 0.497 e. The lowest BCUT2D eigenvalue weighted by atomic mass is 10.1. The standard InChI is InChI=1S/C26H23N3O3/c1-18(30)20-11-13-22(14-12-20)27-26(31)24-17-29(16-19-7-4-3-5-8-19)28-25(24)21-9-6-10-23(15-21)32-2/h3-15,17H,16H2,1-2H3,(H,27,31). The van der Waals surface area contributed by atoms with Gasteiger partial charge in [0.25, 0.3) is 5.91 Å². The van der Waals surface area contributed by atoms with E-state index in [1.165, 1.54) is 6.92 Å². The van der Waals surface area contributed by atoms with Crippen LogP contribution >= 0.6 is 0 Å². The molecule has 0 unspecified atom stereocenters. The number of nitrogens with one attached hydrogen (secondary N) is 1. The van der Waals surface area contributed by atoms with Crippen LogP contribution in [0.5, 0.6) is 5.75 Å². The first-order chi connectivity index (χ1) is 15.5. The molecular weight excluding hydrogens is 402 g/mol. The van der Waals surface area contributed by atoms with E-state index < -0.39 is 0 Å². The summed E-state index contributed by atoms with van der Waals surface area (Å²) in [6.07, 6.45) is 1.75. The molecule has 3 aromatic carbocycles. The molecule has 0 atom stereocenters. The third-order valence-corrected chi connectivity index (χ3v) is 5.09. The number of carbonyl (C=O) groups is 2. The van der Waals surface area contributed by atoms with Gasteiger partial charge in [0.2, 0.25) is 0 Å². The van der Waals surface area contributed by atoms with Crippen LogP contribution in [0.2, 0.25) is 0 Å². The zero-order valence-corrected chi connectivity index (χ0v) is 17.9. The Hall–Kier alpha value is -4.19. The minimum Gasteiger partial charge on any atom is -0.497 e. The van der Waals surface area contributed by atoms with Crippen molar-refractivity contribution in [1.29, 1.82) is 0 Å². The van der Waals surface area contributed by atoms with Gasteiger partial charge < -0.3 is 10.1 Å². The van der Waals surface area contributed by atoms with Crippen LogP contribution in [0.1, 0.15) is 33.2 Å². The van der Waals surface area contributed by atoms with Crippen LogP contribution in [0.15, 0.2) is 85.1 Å². The number of ether oxygens (including phenoxy) is 1. The molecule has 0 saturated carbocycles. The molecule has 0 saturated heterocycles. The Labute approximate surface area is 186 Å². The van der Waals surface area contributed by atoms with Crippen molar-refractivity contribution in [2.75, 3.05) is 12.4 Å². The van der Waals surface area contributed by atoms with Gasteiger partial charge in [0.1, 0.15) is 11.4 Å². The second-order valence-corrected chi connectivity index (χ2v) is 7.39. The van der Waals surface area contributed by atoms with Gasteiger partial charge in [-0.15, -0.1) is 0 Å². The summed E-state index contributed by atoms with van der Waals surface area (Å²) < 4.78 is 7.10. The molecule has 1 aromatic heterocycles. The van der Waals surface area contributed by atoms with Gasteiger partial charge in [0, 0.05) is 23.0 Å². The quantitative estimate of drug-likeness (QED) is 0.420. The summed E-state index contributed by atoms with van der Waals surface area (Å²) in [5.74, 6) is 0.384. The number of ketones is 1. The van der Waals surface area contributed by atoms with Crippen molar-refractivity contribution in [2.45, 2.75) is 13.5 Å². The second-order valence-electron chi connectivity index (χ2n) is 7.39. The number of anilines is 1. The normalized spacial score (nSPS) is 10.6. The van der Waals surface area contributed by atoms with Gasteiger partial charge in [0.05, 0.1) is 19.2 Å². The molecule has 1 N–H and O–H groups in total. The molecule has 1 amide bonds. The fourth-order valence-corrected chi connectivity index (χ4v) is 3.41. The van der Waals surface area contributed by atoms with Crippen molar-refractivity contribution >= 4 is 17.4 Å². The highest BCUT2D eigenvalue weighted by Gasteiger charge is 2.19. The van der Waals surface area contributed by atoms with E-state index in [1.807, 2.05) is 54.6 Å². The fourth-order valence-electron chi connectivity index (χ4n) is 3.41. The van der Waals surface area contributed by atoms with Crippen LogP contribution in [0, 0.1) is 0 Å². The summed E-state index contributed by atoms with van der Waals surface area (Å²) in [5, 5.41) is 7.61. The van der Waals surface area contributed by atoms with E-state index in [0.717, 1.165) is 11.1 Å². The summed E-state index contributed by atoms with van der Waals surface area (Å²) in [7, 11) is 1.60. The van der Waals surface area contributed by atoms with E-state index in [9.17, 15) is 9.59 Å². The molecule has 4 aromatic rings. The van der Waals surface area contributed by atoms with E-state index >= 15 is 0 Å². The van der Waals surface area contributed by atoms with E-state index in [2.05, 4.69) is 5.32 Å². The number of amides is 1. The van der Waals surface area contributed by atoms with Crippen LogP contribution in [-0.2, 0) is 6.54 Å². The third-order valence-electron chi connectivity index (χ3n) is 5.09. The molecular formula is C26H23N3O3. The maximum Gasteiger partial charge on any atom is 0.259 e. The number of rotatable bonds is 7. The second kappa shape index (κ2) is 9.31. The van der Waals surface area contributed by atoms with Crippen molar-refractivity contribution in [3.63, 3.8) is 0 Å². The molecule has 1 heterocycles. The maximum absolute atomic E-state index is 13.2. The van der Waals surface area contributed by atoms with Crippen molar-refractivity contribution in [3.8, 4) is 17.0 Å². The van der Waals surface area contributed by atoms with Gasteiger partial charge in [-0.05, 0) is 48.9 Å². The smallest absolute Gasteiger partial charge is 0.259 e. The Morgan fingerprint density at radius 1 is 0.969 bits per heavy atom. The topological polar surface area (TPSA) is 73.2 Å². The van der Waals surface area contributed by atoms with E-state index in [0.29, 0.717) is 34.8 Å². The Bertz CT molecular complexity index is 1250. The highest BCUT2D eigenvalue weighted by atomic mass is 16.5. The van der Waals surface area contributed by atoms with Gasteiger partial charge >= 0.3 is 0 Å². The van der Waals surface area contributed by atoms with Crippen LogP contribution in [0.4, 0.5) is 5.69 Å². The third kappa shape index (κ3) is 4.75. The monoisotopic (exact) mass is 425 g/mol. The molecule has 0 aliphatic heterocycles. The van der Waals surface area contributed by atoms with E-state index in [4.69, 9.17) is 9.84 Å². The molecule has 0 aliphatic rings. The number of hydrogen-bond acceptors (Lipinski definition) is 4. The fraction of sp³-hybridized carbons (Fsp3) is 0.115. The predicted molar refractivity (Wildman–Crippen MR) is 124 cm³/mol. The molecule has 0 aliphatic carbocycles. The average molecular weight is 425 g/mol. The first kappa shape index (κ1) is 21.1. The number of Topliss-reactive ketones (excluding diaryl/α,β-unsaturated/α-hetero) is 1. The van der Waals surface area contributed by atoms with Crippen molar-refractivity contribution in [3.05, 3.63) is 102 Å². The van der Waals surface area contributed by atoms with Crippen LogP contribution in [-0.4, -0.2) is 28.6 Å². The highest BCUT2D eigenvalue weighted by molar-refractivity contribution is 6.08. The zero-order valence-electron chi connectivity index (χ0n) is 17.9. The Morgan fingerprint density at radius 3 is 2.41 bits per heavy atom. The van der Waals surface area contributed by atoms with Crippen LogP contribution in [0.25, 0.3) is 11.3 Å². The van der Waals surface area contributed by atoms with E-state index in [1.54, 1.807) is 42.3 Å². The number of nitrogens with zero attached hydrogens (tertiary/aromatic N) is 2. The molecule has 0 fully saturated rings. The van der Waals surface area contributed by atoms with Gasteiger partial charge in [-0.3, -0.25) is 14.3 Å². The van der Waals surface area contributed by atoms with Gasteiger partial charge in [0.15, 0.2) is 5.78 Å². The average Bonchev–Trinajstić information content (AvgIpc) is 3.24. The molecule has 0 bridgehead atoms. The first-order valence-corrected chi connectivity index (χ1v) is 10.2. The molecule has 4 rings (SSSR count). The van der Waals surface area contributed by atoms with Crippen molar-refractivity contribution in [1.82, 2.24) is 9.78 Å². The lowest BCUT2D eigenvalue weighted by Gasteiger charge is -2.07. The maximum atomic E-state index is 13.2. The van der Waals surface area contributed by atoms with Gasteiger partial charge in [-0.2, -0.15) is 5.10 Å². The molecule has 0 spiro atoms. The van der Waals surface area contributed by atoms with Crippen molar-refractivity contribution in [2.24, 2.45) is 0 Å². The number of carbonyl (C=O) groups excluding carboxylic acids is 2. The molecule has 0 radical (unpaired) electrons. The first-order valence-electron chi connectivity index (χ1n) is 10.2. The zero-order chi connectivity index (χ0) is 22.5. The Kier molecular flexibility index (Phi) is 6.12. The van der Waals surface area contributed by atoms with Crippen LogP contribution in [0.3, 0.4) is 0 Å². The summed E-state index contributed by atoms with van der Waals surface area (Å²) in [6, 6.07) is 24.2. The number of methoxy groups -OCH3 is 1. The van der Waals surface area contributed by atoms with Gasteiger partial charge in [-0.1, -0.05) is 42.5 Å². The molecule has 6 heteroatoms. The van der Waals surface area contributed by atoms with Crippen molar-refractivity contribution < 1.29 is 14.3 Å². The summed E-state index contributed by atoms with van der Waals surface area (Å²) in [5.41, 5.74) is 4.08. The van der Waals surface area contributed by atoms with Crippen LogP contribution < -0.4 is 10.1 Å². The minimum atomic E-state index is -0.280. The lowest BCUT2D eigenvalue weighted by Crippen LogP contribution is -2.12. The number of benzene rings is 3. The highest BCUT2D eigenvalue weighted by Crippen LogP contribution is 2.27.